The molecule has 0 aromatic heterocycles. The molecule has 1 heteroatoms. The number of unbranched alkanes of at least 4 members (excludes halogenated alkanes) is 9. The largest absolute Gasteiger partial charge is 0.390 e. The molecular weight excluding hydrogens is 232 g/mol. The lowest BCUT2D eigenvalue weighted by Crippen LogP contribution is -2.27. The zero-order valence-corrected chi connectivity index (χ0v) is 13.8. The Balaban J connectivity index is 3.55. The van der Waals surface area contributed by atoms with Gasteiger partial charge in [-0.3, -0.25) is 0 Å². The fourth-order valence-corrected chi connectivity index (χ4v) is 2.77. The highest BCUT2D eigenvalue weighted by molar-refractivity contribution is 4.76. The Kier molecular flexibility index (Phi) is 12.9. The van der Waals surface area contributed by atoms with Crippen LogP contribution in [0.5, 0.6) is 0 Å². The molecule has 1 N–H and O–H groups in total. The molecule has 0 saturated heterocycles. The highest BCUT2D eigenvalue weighted by Crippen LogP contribution is 2.26. The predicted octanol–water partition coefficient (Wildman–Crippen LogP) is 6.24. The first-order valence-electron chi connectivity index (χ1n) is 8.91. The van der Waals surface area contributed by atoms with E-state index in [0.717, 1.165) is 19.3 Å². The minimum atomic E-state index is -0.364. The normalized spacial score (nSPS) is 14.5. The van der Waals surface area contributed by atoms with Crippen LogP contribution in [0.1, 0.15) is 111 Å². The van der Waals surface area contributed by atoms with Gasteiger partial charge in [0, 0.05) is 0 Å². The molecule has 0 radical (unpaired) electrons. The van der Waals surface area contributed by atoms with Gasteiger partial charge in [0.2, 0.25) is 0 Å². The maximum absolute atomic E-state index is 10.6. The summed E-state index contributed by atoms with van der Waals surface area (Å²) >= 11 is 0. The zero-order chi connectivity index (χ0) is 14.4. The van der Waals surface area contributed by atoms with Gasteiger partial charge in [-0.1, -0.05) is 91.4 Å². The third-order valence-electron chi connectivity index (χ3n) is 4.40. The molecule has 0 aliphatic rings. The van der Waals surface area contributed by atoms with Crippen LogP contribution < -0.4 is 0 Å². The minimum absolute atomic E-state index is 0.364. The van der Waals surface area contributed by atoms with E-state index in [-0.39, 0.29) is 5.60 Å². The van der Waals surface area contributed by atoms with E-state index in [2.05, 4.69) is 20.8 Å². The van der Waals surface area contributed by atoms with Crippen LogP contribution >= 0.6 is 0 Å². The average Bonchev–Trinajstić information content (AvgIpc) is 2.43. The summed E-state index contributed by atoms with van der Waals surface area (Å²) in [6.07, 6.45) is 17.4. The summed E-state index contributed by atoms with van der Waals surface area (Å²) in [5.41, 5.74) is -0.364. The second kappa shape index (κ2) is 13.0. The summed E-state index contributed by atoms with van der Waals surface area (Å²) in [5, 5.41) is 10.6. The lowest BCUT2D eigenvalue weighted by molar-refractivity contribution is 0.0140. The van der Waals surface area contributed by atoms with Crippen molar-refractivity contribution in [1.82, 2.24) is 0 Å². The maximum Gasteiger partial charge on any atom is 0.0645 e. The van der Waals surface area contributed by atoms with Gasteiger partial charge < -0.3 is 5.11 Å². The molecule has 0 spiro atoms. The quantitative estimate of drug-likeness (QED) is 0.370. The van der Waals surface area contributed by atoms with Crippen LogP contribution in [0, 0.1) is 0 Å². The number of aliphatic hydroxyl groups is 1. The molecule has 0 aliphatic carbocycles. The van der Waals surface area contributed by atoms with Gasteiger partial charge in [-0.25, -0.2) is 0 Å². The van der Waals surface area contributed by atoms with Crippen LogP contribution in [0.15, 0.2) is 0 Å². The Bertz CT molecular complexity index is 179. The van der Waals surface area contributed by atoms with E-state index in [4.69, 9.17) is 0 Å². The molecule has 0 amide bonds. The maximum atomic E-state index is 10.6. The van der Waals surface area contributed by atoms with E-state index in [1.54, 1.807) is 0 Å². The Labute approximate surface area is 122 Å². The van der Waals surface area contributed by atoms with E-state index in [9.17, 15) is 5.11 Å². The fraction of sp³-hybridized carbons (Fsp3) is 1.00. The fourth-order valence-electron chi connectivity index (χ4n) is 2.77. The second-order valence-corrected chi connectivity index (χ2v) is 6.26. The van der Waals surface area contributed by atoms with Crippen LogP contribution in [0.25, 0.3) is 0 Å². The van der Waals surface area contributed by atoms with Crippen LogP contribution in [0.2, 0.25) is 0 Å². The monoisotopic (exact) mass is 270 g/mol. The van der Waals surface area contributed by atoms with E-state index in [1.165, 1.54) is 70.6 Å². The van der Waals surface area contributed by atoms with Crippen LogP contribution in [0.4, 0.5) is 0 Å². The van der Waals surface area contributed by atoms with Gasteiger partial charge in [-0.05, 0) is 19.3 Å². The first-order valence-corrected chi connectivity index (χ1v) is 8.91. The lowest BCUT2D eigenvalue weighted by Gasteiger charge is -2.27. The molecular formula is C18H38O. The summed E-state index contributed by atoms with van der Waals surface area (Å²) in [4.78, 5) is 0. The Morgan fingerprint density at radius 3 is 1.37 bits per heavy atom. The van der Waals surface area contributed by atoms with Gasteiger partial charge in [0.05, 0.1) is 5.60 Å². The standard InChI is InChI=1S/C18H38O/c1-4-7-9-11-12-13-15-17-18(19,6-3)16-14-10-8-5-2/h19H,4-17H2,1-3H3. The molecule has 0 bridgehead atoms. The van der Waals surface area contributed by atoms with Gasteiger partial charge in [0.25, 0.3) is 0 Å². The summed E-state index contributed by atoms with van der Waals surface area (Å²) in [7, 11) is 0. The average molecular weight is 271 g/mol. The summed E-state index contributed by atoms with van der Waals surface area (Å²) in [6, 6.07) is 0. The van der Waals surface area contributed by atoms with Crippen molar-refractivity contribution in [1.29, 1.82) is 0 Å². The van der Waals surface area contributed by atoms with Gasteiger partial charge in [-0.15, -0.1) is 0 Å². The first kappa shape index (κ1) is 19.0. The van der Waals surface area contributed by atoms with E-state index >= 15 is 0 Å². The smallest absolute Gasteiger partial charge is 0.0645 e. The Morgan fingerprint density at radius 1 is 0.579 bits per heavy atom. The predicted molar refractivity (Wildman–Crippen MR) is 86.6 cm³/mol. The van der Waals surface area contributed by atoms with Crippen molar-refractivity contribution >= 4 is 0 Å². The topological polar surface area (TPSA) is 20.2 Å². The van der Waals surface area contributed by atoms with Gasteiger partial charge in [0.15, 0.2) is 0 Å². The molecule has 0 fully saturated rings. The molecule has 0 aromatic carbocycles. The summed E-state index contributed by atoms with van der Waals surface area (Å²) < 4.78 is 0. The SMILES string of the molecule is CCCCCCCCCC(O)(CC)CCCCCC. The van der Waals surface area contributed by atoms with Gasteiger partial charge in [0.1, 0.15) is 0 Å². The number of hydrogen-bond acceptors (Lipinski definition) is 1. The van der Waals surface area contributed by atoms with Crippen molar-refractivity contribution in [3.63, 3.8) is 0 Å². The van der Waals surface area contributed by atoms with Crippen molar-refractivity contribution < 1.29 is 5.11 Å². The van der Waals surface area contributed by atoms with Crippen molar-refractivity contribution in [2.45, 2.75) is 116 Å². The molecule has 0 rings (SSSR count). The van der Waals surface area contributed by atoms with Gasteiger partial charge in [-0.2, -0.15) is 0 Å². The molecule has 1 nitrogen and oxygen atoms in total. The molecule has 0 heterocycles. The van der Waals surface area contributed by atoms with Crippen molar-refractivity contribution in [3.05, 3.63) is 0 Å². The molecule has 116 valence electrons. The Hall–Kier alpha value is -0.0400. The molecule has 1 atom stereocenters. The van der Waals surface area contributed by atoms with Gasteiger partial charge >= 0.3 is 0 Å². The first-order chi connectivity index (χ1) is 9.18. The number of hydrogen-bond donors (Lipinski definition) is 1. The molecule has 1 unspecified atom stereocenters. The lowest BCUT2D eigenvalue weighted by atomic mass is 9.87. The molecule has 0 saturated carbocycles. The van der Waals surface area contributed by atoms with E-state index in [0.29, 0.717) is 0 Å². The van der Waals surface area contributed by atoms with E-state index < -0.39 is 0 Å². The van der Waals surface area contributed by atoms with E-state index in [1.807, 2.05) is 0 Å². The summed E-state index contributed by atoms with van der Waals surface area (Å²) in [5.74, 6) is 0. The van der Waals surface area contributed by atoms with Crippen molar-refractivity contribution in [3.8, 4) is 0 Å². The van der Waals surface area contributed by atoms with Crippen molar-refractivity contribution in [2.24, 2.45) is 0 Å². The molecule has 0 aromatic rings. The van der Waals surface area contributed by atoms with Crippen LogP contribution in [0.3, 0.4) is 0 Å². The van der Waals surface area contributed by atoms with Crippen LogP contribution in [-0.2, 0) is 0 Å². The highest BCUT2D eigenvalue weighted by atomic mass is 16.3. The highest BCUT2D eigenvalue weighted by Gasteiger charge is 2.22. The zero-order valence-electron chi connectivity index (χ0n) is 13.8. The molecule has 0 aliphatic heterocycles. The third-order valence-corrected chi connectivity index (χ3v) is 4.40. The Morgan fingerprint density at radius 2 is 0.947 bits per heavy atom. The summed E-state index contributed by atoms with van der Waals surface area (Å²) in [6.45, 7) is 6.64. The van der Waals surface area contributed by atoms with Crippen LogP contribution in [-0.4, -0.2) is 10.7 Å². The second-order valence-electron chi connectivity index (χ2n) is 6.26. The number of rotatable bonds is 14. The van der Waals surface area contributed by atoms with Crippen molar-refractivity contribution in [2.75, 3.05) is 0 Å². The molecule has 19 heavy (non-hydrogen) atoms. The third kappa shape index (κ3) is 11.5. The minimum Gasteiger partial charge on any atom is -0.390 e.